The predicted molar refractivity (Wildman–Crippen MR) is 201 cm³/mol. The molecular formula is C41H59NO15. The fourth-order valence-corrected chi connectivity index (χ4v) is 9.03. The molecule has 4 rings (SSSR count). The molecule has 0 aromatic rings. The van der Waals surface area contributed by atoms with E-state index in [1.807, 2.05) is 0 Å². The normalized spacial score (nSPS) is 33.9. The Kier molecular flexibility index (Phi) is 12.7. The van der Waals surface area contributed by atoms with Gasteiger partial charge in [0.25, 0.3) is 0 Å². The van der Waals surface area contributed by atoms with E-state index in [4.69, 9.17) is 28.4 Å². The smallest absolute Gasteiger partial charge is 0.408 e. The maximum atomic E-state index is 15.3. The zero-order chi connectivity index (χ0) is 43.4. The number of aliphatic hydroxyl groups is 3. The number of ketones is 1. The van der Waals surface area contributed by atoms with Crippen LogP contribution in [0.5, 0.6) is 0 Å². The van der Waals surface area contributed by atoms with Crippen LogP contribution in [-0.4, -0.2) is 117 Å². The van der Waals surface area contributed by atoms with Crippen LogP contribution in [0.3, 0.4) is 0 Å². The Balaban J connectivity index is 1.99. The molecule has 3 fully saturated rings. The molecule has 4 N–H and O–H groups in total. The van der Waals surface area contributed by atoms with Gasteiger partial charge in [0.2, 0.25) is 0 Å². The van der Waals surface area contributed by atoms with Crippen molar-refractivity contribution in [3.8, 4) is 0 Å². The van der Waals surface area contributed by atoms with Crippen LogP contribution in [0.25, 0.3) is 0 Å². The fourth-order valence-electron chi connectivity index (χ4n) is 9.03. The maximum absolute atomic E-state index is 15.3. The van der Waals surface area contributed by atoms with Gasteiger partial charge in [0, 0.05) is 38.2 Å². The summed E-state index contributed by atoms with van der Waals surface area (Å²) in [5.41, 5.74) is -7.34. The van der Waals surface area contributed by atoms with Gasteiger partial charge < -0.3 is 49.1 Å². The van der Waals surface area contributed by atoms with Gasteiger partial charge in [-0.2, -0.15) is 0 Å². The molecule has 4 aliphatic rings. The molecule has 1 heterocycles. The molecule has 1 aliphatic heterocycles. The lowest BCUT2D eigenvalue weighted by atomic mass is 9.44. The number of Topliss-reactive ketones (excluding diaryl/α,β-unsaturated/α-hetero) is 1. The molecule has 0 aromatic heterocycles. The number of rotatable bonds is 9. The van der Waals surface area contributed by atoms with E-state index in [0.717, 1.165) is 13.8 Å². The van der Waals surface area contributed by atoms with Crippen LogP contribution >= 0.6 is 0 Å². The van der Waals surface area contributed by atoms with Crippen molar-refractivity contribution in [2.24, 2.45) is 16.7 Å². The number of esters is 4. The molecule has 57 heavy (non-hydrogen) atoms. The summed E-state index contributed by atoms with van der Waals surface area (Å²) in [5, 5.41) is 39.2. The summed E-state index contributed by atoms with van der Waals surface area (Å²) in [6.07, 6.45) is -8.68. The summed E-state index contributed by atoms with van der Waals surface area (Å²) in [6.45, 7) is 19.5. The first-order valence-corrected chi connectivity index (χ1v) is 19.1. The van der Waals surface area contributed by atoms with E-state index in [9.17, 15) is 39.3 Å². The zero-order valence-electron chi connectivity index (χ0n) is 35.1. The van der Waals surface area contributed by atoms with Crippen LogP contribution < -0.4 is 5.32 Å². The molecule has 16 heteroatoms. The van der Waals surface area contributed by atoms with Gasteiger partial charge in [-0.15, -0.1) is 0 Å². The minimum Gasteiger partial charge on any atom is -0.456 e. The first-order valence-electron chi connectivity index (χ1n) is 19.1. The van der Waals surface area contributed by atoms with Crippen LogP contribution in [0.1, 0.15) is 103 Å². The van der Waals surface area contributed by atoms with Crippen molar-refractivity contribution in [1.82, 2.24) is 5.32 Å². The molecule has 1 saturated heterocycles. The van der Waals surface area contributed by atoms with Crippen LogP contribution in [0, 0.1) is 16.7 Å². The third-order valence-electron chi connectivity index (χ3n) is 11.6. The topological polar surface area (TPSA) is 231 Å². The van der Waals surface area contributed by atoms with Crippen molar-refractivity contribution in [3.63, 3.8) is 0 Å². The van der Waals surface area contributed by atoms with E-state index < -0.39 is 118 Å². The number of amides is 1. The highest BCUT2D eigenvalue weighted by Gasteiger charge is 2.78. The lowest BCUT2D eigenvalue weighted by Crippen LogP contribution is -2.82. The van der Waals surface area contributed by atoms with Gasteiger partial charge in [-0.25, -0.2) is 14.4 Å². The summed E-state index contributed by atoms with van der Waals surface area (Å²) in [4.78, 5) is 81.4. The second-order valence-electron chi connectivity index (χ2n) is 17.9. The number of alkyl carbamates (subject to hydrolysis) is 1. The highest BCUT2D eigenvalue weighted by molar-refractivity contribution is 5.95. The monoisotopic (exact) mass is 805 g/mol. The molecule has 0 radical (unpaired) electrons. The Bertz CT molecular complexity index is 1760. The zero-order valence-corrected chi connectivity index (χ0v) is 35.1. The molecular weight excluding hydrogens is 746 g/mol. The molecule has 0 spiro atoms. The number of aliphatic hydroxyl groups excluding tert-OH is 2. The summed E-state index contributed by atoms with van der Waals surface area (Å²) in [5.74, 6) is -6.22. The van der Waals surface area contributed by atoms with Crippen LogP contribution in [0.4, 0.5) is 4.79 Å². The Hall–Kier alpha value is -4.12. The van der Waals surface area contributed by atoms with Gasteiger partial charge >= 0.3 is 30.0 Å². The average molecular weight is 806 g/mol. The highest BCUT2D eigenvalue weighted by Crippen LogP contribution is 2.64. The molecule has 11 atom stereocenters. The van der Waals surface area contributed by atoms with Crippen molar-refractivity contribution in [1.29, 1.82) is 0 Å². The number of fused-ring (bicyclic) bond motifs is 5. The molecule has 16 nitrogen and oxygen atoms in total. The van der Waals surface area contributed by atoms with E-state index in [2.05, 4.69) is 5.32 Å². The Labute approximate surface area is 333 Å². The minimum atomic E-state index is -2.35. The molecule has 1 amide bonds. The van der Waals surface area contributed by atoms with Crippen LogP contribution in [0.15, 0.2) is 34.4 Å². The van der Waals surface area contributed by atoms with Crippen LogP contribution in [-0.2, 0) is 52.4 Å². The first-order chi connectivity index (χ1) is 26.0. The number of allylic oxidation sites excluding steroid dienone is 2. The van der Waals surface area contributed by atoms with E-state index in [1.165, 1.54) is 26.0 Å². The van der Waals surface area contributed by atoms with E-state index in [1.54, 1.807) is 62.3 Å². The van der Waals surface area contributed by atoms with Crippen LogP contribution in [0.2, 0.25) is 0 Å². The minimum absolute atomic E-state index is 0.000116. The van der Waals surface area contributed by atoms with E-state index in [-0.39, 0.29) is 24.2 Å². The summed E-state index contributed by atoms with van der Waals surface area (Å²) in [6, 6.07) is -1.34. The lowest BCUT2D eigenvalue weighted by Gasteiger charge is -2.67. The average Bonchev–Trinajstić information content (AvgIpc) is 3.03. The van der Waals surface area contributed by atoms with E-state index >= 15 is 4.79 Å². The van der Waals surface area contributed by atoms with Gasteiger partial charge in [-0.3, -0.25) is 14.4 Å². The number of hydrogen-bond donors (Lipinski definition) is 4. The molecule has 0 unspecified atom stereocenters. The largest absolute Gasteiger partial charge is 0.456 e. The number of carbonyl (C=O) groups excluding carboxylic acids is 6. The van der Waals surface area contributed by atoms with Crippen molar-refractivity contribution >= 4 is 35.8 Å². The fraction of sp³-hybridized carbons (Fsp3) is 0.707. The van der Waals surface area contributed by atoms with Gasteiger partial charge in [-0.1, -0.05) is 31.1 Å². The van der Waals surface area contributed by atoms with Crippen molar-refractivity contribution < 1.29 is 72.5 Å². The Morgan fingerprint density at radius 2 is 1.56 bits per heavy atom. The van der Waals surface area contributed by atoms with Gasteiger partial charge in [0.05, 0.1) is 30.1 Å². The standard InChI is InChI=1S/C41H59NO15/c1-19(2)14-24(42-36(50)57-37(8,9)10)30(47)35(49)54-25-17-41(51)34(55-28(46)15-20(3)4)32-39(13,26(45)16-27-40(32,18-52-27)56-23(7)44)33(48)31(53-22(6)43)29(21(25)5)38(41,11)12/h14-15,24-27,30-32,34,45,47,51H,16-18H2,1-13H3,(H,42,50)/t24-,25-,26-,27+,30+,31+,32-,34-,39+,40-,41+/m0/s1. The Morgan fingerprint density at radius 3 is 2.05 bits per heavy atom. The van der Waals surface area contributed by atoms with Crippen molar-refractivity contribution in [2.75, 3.05) is 6.61 Å². The third kappa shape index (κ3) is 8.41. The molecule has 2 saturated carbocycles. The van der Waals surface area contributed by atoms with Crippen molar-refractivity contribution in [2.45, 2.75) is 162 Å². The molecule has 318 valence electrons. The number of hydrogen-bond acceptors (Lipinski definition) is 15. The third-order valence-corrected chi connectivity index (χ3v) is 11.6. The second-order valence-corrected chi connectivity index (χ2v) is 17.9. The Morgan fingerprint density at radius 1 is 0.947 bits per heavy atom. The van der Waals surface area contributed by atoms with Gasteiger partial charge in [-0.05, 0) is 73.5 Å². The predicted octanol–water partition coefficient (Wildman–Crippen LogP) is 3.08. The SMILES string of the molecule is CC(=O)O[C@H]1C(=O)[C@@]2(C)[C@H]([C@H](OC(=O)C=C(C)C)[C@]3(O)C[C@H](OC(=O)[C@H](O)[C@H](C=C(C)C)NC(=O)OC(C)(C)C)C(C)=C1C3(C)C)[C@]1(OC(C)=O)CO[C@@H]1C[C@@H]2O. The molecule has 2 bridgehead atoms. The number of carbonyl (C=O) groups is 6. The quantitative estimate of drug-likeness (QED) is 0.114. The highest BCUT2D eigenvalue weighted by atomic mass is 16.6. The molecule has 3 aliphatic carbocycles. The summed E-state index contributed by atoms with van der Waals surface area (Å²) < 4.78 is 35.1. The van der Waals surface area contributed by atoms with Gasteiger partial charge in [0.15, 0.2) is 23.6 Å². The van der Waals surface area contributed by atoms with Crippen molar-refractivity contribution in [3.05, 3.63) is 34.4 Å². The maximum Gasteiger partial charge on any atom is 0.408 e. The van der Waals surface area contributed by atoms with Gasteiger partial charge in [0.1, 0.15) is 29.5 Å². The second kappa shape index (κ2) is 15.9. The summed E-state index contributed by atoms with van der Waals surface area (Å²) in [7, 11) is 0. The lowest BCUT2D eigenvalue weighted by molar-refractivity contribution is -0.347. The molecule has 0 aromatic carbocycles. The van der Waals surface area contributed by atoms with E-state index in [0.29, 0.717) is 11.1 Å². The first kappa shape index (κ1) is 45.6. The number of ether oxygens (including phenoxy) is 6. The number of nitrogens with one attached hydrogen (secondary N) is 1. The summed E-state index contributed by atoms with van der Waals surface area (Å²) >= 11 is 0.